The van der Waals surface area contributed by atoms with Gasteiger partial charge in [0.2, 0.25) is 5.91 Å². The molecule has 0 aromatic carbocycles. The van der Waals surface area contributed by atoms with E-state index in [0.717, 1.165) is 0 Å². The number of ether oxygens (including phenoxy) is 1. The molecule has 0 aromatic heterocycles. The molecule has 1 amide bonds. The average molecular weight is 186 g/mol. The number of carbonyl (C=O) groups excluding carboxylic acids is 2. The molecule has 0 unspecified atom stereocenters. The highest BCUT2D eigenvalue weighted by atomic mass is 16.5. The molecule has 2 N–H and O–H groups in total. The Hall–Kier alpha value is -1.10. The Labute approximate surface area is 76.8 Å². The molecule has 2 atom stereocenters. The maximum absolute atomic E-state index is 11.0. The summed E-state index contributed by atoms with van der Waals surface area (Å²) >= 11 is 0. The van der Waals surface area contributed by atoms with E-state index in [4.69, 9.17) is 0 Å². The van der Waals surface area contributed by atoms with Crippen LogP contribution < -0.4 is 10.6 Å². The van der Waals surface area contributed by atoms with Gasteiger partial charge in [0.15, 0.2) is 0 Å². The van der Waals surface area contributed by atoms with Crippen LogP contribution in [0.2, 0.25) is 0 Å². The number of rotatable bonds is 2. The van der Waals surface area contributed by atoms with Gasteiger partial charge in [-0.1, -0.05) is 0 Å². The monoisotopic (exact) mass is 186 g/mol. The zero-order valence-corrected chi connectivity index (χ0v) is 7.79. The van der Waals surface area contributed by atoms with Crippen molar-refractivity contribution in [2.45, 2.75) is 25.4 Å². The van der Waals surface area contributed by atoms with E-state index in [1.807, 2.05) is 0 Å². The molecule has 1 heterocycles. The van der Waals surface area contributed by atoms with Crippen LogP contribution in [0.4, 0.5) is 0 Å². The number of carbonyl (C=O) groups is 2. The molecule has 5 nitrogen and oxygen atoms in total. The highest BCUT2D eigenvalue weighted by Gasteiger charge is 2.30. The van der Waals surface area contributed by atoms with Gasteiger partial charge in [-0.15, -0.1) is 0 Å². The normalized spacial score (nSPS) is 26.9. The topological polar surface area (TPSA) is 67.4 Å². The van der Waals surface area contributed by atoms with Crippen molar-refractivity contribution in [3.8, 4) is 0 Å². The summed E-state index contributed by atoms with van der Waals surface area (Å²) in [6.45, 7) is 2.09. The summed E-state index contributed by atoms with van der Waals surface area (Å²) < 4.78 is 4.57. The van der Waals surface area contributed by atoms with Gasteiger partial charge in [-0.25, -0.2) is 0 Å². The van der Waals surface area contributed by atoms with Crippen LogP contribution in [0.3, 0.4) is 0 Å². The minimum atomic E-state index is -0.276. The largest absolute Gasteiger partial charge is 0.468 e. The van der Waals surface area contributed by atoms with Gasteiger partial charge in [0, 0.05) is 19.5 Å². The standard InChI is InChI=1S/C8H14N2O3/c1-5(11)10-6-3-7(9-4-6)8(12)13-2/h6-7,9H,3-4H2,1-2H3,(H,10,11)/t6-,7+/m0/s1. The number of nitrogens with one attached hydrogen (secondary N) is 2. The molecular formula is C8H14N2O3. The van der Waals surface area contributed by atoms with Gasteiger partial charge in [-0.05, 0) is 6.42 Å². The quantitative estimate of drug-likeness (QED) is 0.544. The molecule has 0 spiro atoms. The smallest absolute Gasteiger partial charge is 0.322 e. The van der Waals surface area contributed by atoms with Crippen LogP contribution in [0.15, 0.2) is 0 Å². The first-order chi connectivity index (χ1) is 6.13. The third-order valence-electron chi connectivity index (χ3n) is 2.02. The Bertz CT molecular complexity index is 217. The zero-order chi connectivity index (χ0) is 9.84. The molecule has 0 radical (unpaired) electrons. The maximum Gasteiger partial charge on any atom is 0.322 e. The van der Waals surface area contributed by atoms with E-state index in [1.54, 1.807) is 0 Å². The second kappa shape index (κ2) is 4.23. The molecule has 0 aliphatic carbocycles. The van der Waals surface area contributed by atoms with Gasteiger partial charge in [0.05, 0.1) is 7.11 Å². The van der Waals surface area contributed by atoms with Crippen molar-refractivity contribution in [2.75, 3.05) is 13.7 Å². The lowest BCUT2D eigenvalue weighted by atomic mass is 10.2. The van der Waals surface area contributed by atoms with E-state index in [2.05, 4.69) is 15.4 Å². The Morgan fingerprint density at radius 2 is 2.23 bits per heavy atom. The number of methoxy groups -OCH3 is 1. The van der Waals surface area contributed by atoms with E-state index in [1.165, 1.54) is 14.0 Å². The minimum absolute atomic E-state index is 0.0431. The summed E-state index contributed by atoms with van der Waals surface area (Å²) in [5.74, 6) is -0.342. The molecule has 1 fully saturated rings. The lowest BCUT2D eigenvalue weighted by molar-refractivity contribution is -0.142. The summed E-state index contributed by atoms with van der Waals surface area (Å²) in [6, 6.07) is -0.233. The SMILES string of the molecule is COC(=O)[C@H]1C[C@H](NC(C)=O)CN1. The minimum Gasteiger partial charge on any atom is -0.468 e. The van der Waals surface area contributed by atoms with E-state index >= 15 is 0 Å². The molecule has 74 valence electrons. The van der Waals surface area contributed by atoms with Crippen LogP contribution in [0.5, 0.6) is 0 Å². The average Bonchev–Trinajstić information content (AvgIpc) is 2.50. The number of hydrogen-bond donors (Lipinski definition) is 2. The van der Waals surface area contributed by atoms with E-state index < -0.39 is 0 Å². The zero-order valence-electron chi connectivity index (χ0n) is 7.79. The van der Waals surface area contributed by atoms with Gasteiger partial charge < -0.3 is 15.4 Å². The van der Waals surface area contributed by atoms with Crippen LogP contribution >= 0.6 is 0 Å². The molecule has 0 bridgehead atoms. The number of amides is 1. The van der Waals surface area contributed by atoms with E-state index in [-0.39, 0.29) is 24.0 Å². The van der Waals surface area contributed by atoms with Gasteiger partial charge in [-0.2, -0.15) is 0 Å². The van der Waals surface area contributed by atoms with Crippen molar-refractivity contribution < 1.29 is 14.3 Å². The second-order valence-electron chi connectivity index (χ2n) is 3.12. The number of esters is 1. The first-order valence-corrected chi connectivity index (χ1v) is 4.21. The summed E-state index contributed by atoms with van der Waals surface area (Å²) in [5.41, 5.74) is 0. The molecule has 13 heavy (non-hydrogen) atoms. The van der Waals surface area contributed by atoms with E-state index in [9.17, 15) is 9.59 Å². The maximum atomic E-state index is 11.0. The molecular weight excluding hydrogens is 172 g/mol. The van der Waals surface area contributed by atoms with E-state index in [0.29, 0.717) is 13.0 Å². The first kappa shape index (κ1) is 9.98. The van der Waals surface area contributed by atoms with Gasteiger partial charge in [0.25, 0.3) is 0 Å². The van der Waals surface area contributed by atoms with Crippen molar-refractivity contribution >= 4 is 11.9 Å². The first-order valence-electron chi connectivity index (χ1n) is 4.21. The predicted octanol–water partition coefficient (Wildman–Crippen LogP) is -0.974. The lowest BCUT2D eigenvalue weighted by Gasteiger charge is -2.09. The van der Waals surface area contributed by atoms with Crippen molar-refractivity contribution in [3.63, 3.8) is 0 Å². The second-order valence-corrected chi connectivity index (χ2v) is 3.12. The fraction of sp³-hybridized carbons (Fsp3) is 0.750. The number of hydrogen-bond acceptors (Lipinski definition) is 4. The van der Waals surface area contributed by atoms with Crippen LogP contribution in [-0.2, 0) is 14.3 Å². The molecule has 1 rings (SSSR count). The van der Waals surface area contributed by atoms with Crippen molar-refractivity contribution in [3.05, 3.63) is 0 Å². The molecule has 0 saturated carbocycles. The van der Waals surface area contributed by atoms with Crippen molar-refractivity contribution in [2.24, 2.45) is 0 Å². The molecule has 1 aliphatic heterocycles. The van der Waals surface area contributed by atoms with Crippen LogP contribution in [0.1, 0.15) is 13.3 Å². The third kappa shape index (κ3) is 2.69. The summed E-state index contributed by atoms with van der Waals surface area (Å²) in [6.07, 6.45) is 0.603. The van der Waals surface area contributed by atoms with Gasteiger partial charge in [0.1, 0.15) is 6.04 Å². The fourth-order valence-electron chi connectivity index (χ4n) is 1.45. The highest BCUT2D eigenvalue weighted by molar-refractivity contribution is 5.77. The molecule has 1 saturated heterocycles. The van der Waals surface area contributed by atoms with Crippen LogP contribution in [0, 0.1) is 0 Å². The summed E-state index contributed by atoms with van der Waals surface area (Å²) in [7, 11) is 1.36. The Morgan fingerprint density at radius 1 is 1.54 bits per heavy atom. The van der Waals surface area contributed by atoms with Gasteiger partial charge >= 0.3 is 5.97 Å². The molecule has 1 aliphatic rings. The summed E-state index contributed by atoms with van der Waals surface area (Å²) in [5, 5.41) is 5.71. The van der Waals surface area contributed by atoms with Crippen molar-refractivity contribution in [1.82, 2.24) is 10.6 Å². The van der Waals surface area contributed by atoms with Gasteiger partial charge in [-0.3, -0.25) is 9.59 Å². The Morgan fingerprint density at radius 3 is 2.77 bits per heavy atom. The summed E-state index contributed by atoms with van der Waals surface area (Å²) in [4.78, 5) is 21.7. The lowest BCUT2D eigenvalue weighted by Crippen LogP contribution is -2.34. The fourth-order valence-corrected chi connectivity index (χ4v) is 1.45. The van der Waals surface area contributed by atoms with Crippen LogP contribution in [0.25, 0.3) is 0 Å². The molecule has 5 heteroatoms. The highest BCUT2D eigenvalue weighted by Crippen LogP contribution is 2.07. The van der Waals surface area contributed by atoms with Crippen molar-refractivity contribution in [1.29, 1.82) is 0 Å². The molecule has 0 aromatic rings. The predicted molar refractivity (Wildman–Crippen MR) is 46.0 cm³/mol. The van der Waals surface area contributed by atoms with Crippen LogP contribution in [-0.4, -0.2) is 37.6 Å². The third-order valence-corrected chi connectivity index (χ3v) is 2.02. The Kier molecular flexibility index (Phi) is 3.25. The Balaban J connectivity index is 2.36.